The maximum Gasteiger partial charge on any atom is 0.266 e. The first-order valence-corrected chi connectivity index (χ1v) is 13.7. The second kappa shape index (κ2) is 9.75. The first-order chi connectivity index (χ1) is 15.3. The second-order valence-electron chi connectivity index (χ2n) is 11.0. The molecular weight excluding hydrogens is 432 g/mol. The van der Waals surface area contributed by atoms with Crippen molar-refractivity contribution >= 4 is 22.3 Å². The van der Waals surface area contributed by atoms with E-state index in [4.69, 9.17) is 0 Å². The summed E-state index contributed by atoms with van der Waals surface area (Å²) in [7, 11) is -4.06. The van der Waals surface area contributed by atoms with Crippen molar-refractivity contribution in [3.8, 4) is 0 Å². The van der Waals surface area contributed by atoms with Gasteiger partial charge in [0.15, 0.2) is 0 Å². The lowest BCUT2D eigenvalue weighted by molar-refractivity contribution is 0.377. The highest BCUT2D eigenvalue weighted by Crippen LogP contribution is 2.42. The Hall–Kier alpha value is -1.92. The molecule has 3 rings (SSSR count). The largest absolute Gasteiger partial charge is 0.285 e. The SMILES string of the molecule is CC1=C(C=Cc2cc(C=CC3=C(C)CCCC3(C)C)n(CCS(=O)(=O)O)n2)C(C)(C)CCC1. The van der Waals surface area contributed by atoms with Gasteiger partial charge in [0.2, 0.25) is 0 Å². The Morgan fingerprint density at radius 2 is 1.45 bits per heavy atom. The lowest BCUT2D eigenvalue weighted by Gasteiger charge is -2.32. The van der Waals surface area contributed by atoms with Crippen molar-refractivity contribution in [2.45, 2.75) is 86.6 Å². The first-order valence-electron chi connectivity index (χ1n) is 12.1. The van der Waals surface area contributed by atoms with Crippen LogP contribution in [-0.2, 0) is 16.7 Å². The molecule has 0 atom stereocenters. The van der Waals surface area contributed by atoms with Crippen molar-refractivity contribution in [1.29, 1.82) is 0 Å². The normalized spacial score (nSPS) is 21.5. The fourth-order valence-electron chi connectivity index (χ4n) is 5.41. The minimum atomic E-state index is -4.06. The van der Waals surface area contributed by atoms with Gasteiger partial charge < -0.3 is 0 Å². The summed E-state index contributed by atoms with van der Waals surface area (Å²) in [6.45, 7) is 13.7. The van der Waals surface area contributed by atoms with Gasteiger partial charge in [-0.15, -0.1) is 0 Å². The molecule has 182 valence electrons. The van der Waals surface area contributed by atoms with E-state index < -0.39 is 10.1 Å². The Kier molecular flexibility index (Phi) is 7.59. The number of hydrogen-bond donors (Lipinski definition) is 1. The van der Waals surface area contributed by atoms with E-state index in [1.54, 1.807) is 4.68 Å². The minimum absolute atomic E-state index is 0.112. The van der Waals surface area contributed by atoms with Crippen LogP contribution in [0.25, 0.3) is 12.2 Å². The molecule has 5 nitrogen and oxygen atoms in total. The standard InChI is InChI=1S/C27H40N2O3S/c1-20-9-7-15-26(3,4)24(20)13-11-22-19-23(29(28-22)17-18-33(30,31)32)12-14-25-21(2)10-8-16-27(25,5)6/h11-14,19H,7-10,15-18H2,1-6H3,(H,30,31,32). The summed E-state index contributed by atoms with van der Waals surface area (Å²) >= 11 is 0. The Balaban J connectivity index is 1.94. The Morgan fingerprint density at radius 3 is 1.94 bits per heavy atom. The predicted molar refractivity (Wildman–Crippen MR) is 137 cm³/mol. The van der Waals surface area contributed by atoms with Crippen molar-refractivity contribution < 1.29 is 13.0 Å². The van der Waals surface area contributed by atoms with Gasteiger partial charge in [0, 0.05) is 0 Å². The van der Waals surface area contributed by atoms with Gasteiger partial charge in [-0.1, -0.05) is 51.0 Å². The topological polar surface area (TPSA) is 72.2 Å². The molecule has 1 N–H and O–H groups in total. The van der Waals surface area contributed by atoms with Gasteiger partial charge in [-0.05, 0) is 92.6 Å². The van der Waals surface area contributed by atoms with E-state index in [9.17, 15) is 13.0 Å². The Bertz CT molecular complexity index is 1110. The van der Waals surface area contributed by atoms with Gasteiger partial charge in [-0.25, -0.2) is 0 Å². The van der Waals surface area contributed by atoms with Crippen LogP contribution >= 0.6 is 0 Å². The van der Waals surface area contributed by atoms with Gasteiger partial charge in [-0.2, -0.15) is 13.5 Å². The summed E-state index contributed by atoms with van der Waals surface area (Å²) in [6.07, 6.45) is 15.4. The van der Waals surface area contributed by atoms with Crippen LogP contribution in [0.4, 0.5) is 0 Å². The smallest absolute Gasteiger partial charge is 0.266 e. The van der Waals surface area contributed by atoms with Crippen molar-refractivity contribution in [2.75, 3.05) is 5.75 Å². The molecular formula is C27H40N2O3S. The molecule has 0 unspecified atom stereocenters. The Labute approximate surface area is 200 Å². The van der Waals surface area contributed by atoms with E-state index >= 15 is 0 Å². The molecule has 0 saturated heterocycles. The van der Waals surface area contributed by atoms with Crippen LogP contribution in [-0.4, -0.2) is 28.5 Å². The van der Waals surface area contributed by atoms with Crippen LogP contribution in [0.2, 0.25) is 0 Å². The number of allylic oxidation sites excluding steroid dienone is 6. The molecule has 0 spiro atoms. The molecule has 0 amide bonds. The zero-order valence-corrected chi connectivity index (χ0v) is 21.9. The van der Waals surface area contributed by atoms with E-state index in [0.29, 0.717) is 0 Å². The van der Waals surface area contributed by atoms with Gasteiger partial charge in [0.25, 0.3) is 10.1 Å². The predicted octanol–water partition coefficient (Wildman–Crippen LogP) is 6.85. The summed E-state index contributed by atoms with van der Waals surface area (Å²) in [5, 5.41) is 4.65. The highest BCUT2D eigenvalue weighted by atomic mass is 32.2. The number of hydrogen-bond acceptors (Lipinski definition) is 3. The van der Waals surface area contributed by atoms with E-state index in [0.717, 1.165) is 30.7 Å². The number of aryl methyl sites for hydroxylation is 1. The number of aromatic nitrogens is 2. The van der Waals surface area contributed by atoms with E-state index in [2.05, 4.69) is 58.8 Å². The highest BCUT2D eigenvalue weighted by Gasteiger charge is 2.27. The van der Waals surface area contributed by atoms with Crippen LogP contribution in [0.5, 0.6) is 0 Å². The molecule has 0 fully saturated rings. The van der Waals surface area contributed by atoms with Gasteiger partial charge in [-0.3, -0.25) is 9.23 Å². The molecule has 1 heterocycles. The molecule has 2 aliphatic carbocycles. The van der Waals surface area contributed by atoms with E-state index in [-0.39, 0.29) is 23.1 Å². The zero-order chi connectivity index (χ0) is 24.4. The van der Waals surface area contributed by atoms with Crippen molar-refractivity contribution in [3.63, 3.8) is 0 Å². The maximum absolute atomic E-state index is 11.4. The molecule has 6 heteroatoms. The molecule has 0 bridgehead atoms. The van der Waals surface area contributed by atoms with Crippen molar-refractivity contribution in [3.05, 3.63) is 51.9 Å². The average molecular weight is 473 g/mol. The van der Waals surface area contributed by atoms with Crippen LogP contribution in [0, 0.1) is 10.8 Å². The molecule has 0 aromatic carbocycles. The third-order valence-corrected chi connectivity index (χ3v) is 8.02. The number of nitrogens with zero attached hydrogens (tertiary/aromatic N) is 2. The number of rotatable bonds is 7. The second-order valence-corrected chi connectivity index (χ2v) is 12.6. The lowest BCUT2D eigenvalue weighted by atomic mass is 9.72. The summed E-state index contributed by atoms with van der Waals surface area (Å²) < 4.78 is 33.7. The molecule has 1 aromatic heterocycles. The molecule has 1 aromatic rings. The first kappa shape index (κ1) is 25.7. The molecule has 0 saturated carbocycles. The van der Waals surface area contributed by atoms with E-state index in [1.165, 1.54) is 41.6 Å². The van der Waals surface area contributed by atoms with Crippen molar-refractivity contribution in [2.24, 2.45) is 10.8 Å². The highest BCUT2D eigenvalue weighted by molar-refractivity contribution is 7.85. The van der Waals surface area contributed by atoms with Crippen molar-refractivity contribution in [1.82, 2.24) is 9.78 Å². The van der Waals surface area contributed by atoms with Crippen LogP contribution < -0.4 is 0 Å². The zero-order valence-electron chi connectivity index (χ0n) is 21.1. The average Bonchev–Trinajstić information content (AvgIpc) is 3.06. The van der Waals surface area contributed by atoms with Gasteiger partial charge in [0.05, 0.1) is 23.7 Å². The summed E-state index contributed by atoms with van der Waals surface area (Å²) in [6, 6.07) is 1.99. The van der Waals surface area contributed by atoms with Gasteiger partial charge >= 0.3 is 0 Å². The van der Waals surface area contributed by atoms with Crippen LogP contribution in [0.3, 0.4) is 0 Å². The maximum atomic E-state index is 11.4. The monoisotopic (exact) mass is 472 g/mol. The summed E-state index contributed by atoms with van der Waals surface area (Å²) in [4.78, 5) is 0. The van der Waals surface area contributed by atoms with E-state index in [1.807, 2.05) is 18.2 Å². The summed E-state index contributed by atoms with van der Waals surface area (Å²) in [5.74, 6) is -0.358. The Morgan fingerprint density at radius 1 is 0.939 bits per heavy atom. The lowest BCUT2D eigenvalue weighted by Crippen LogP contribution is -2.19. The third-order valence-electron chi connectivity index (χ3n) is 7.32. The molecule has 0 aliphatic heterocycles. The molecule has 2 aliphatic rings. The third kappa shape index (κ3) is 6.57. The molecule has 0 radical (unpaired) electrons. The molecule has 33 heavy (non-hydrogen) atoms. The quantitative estimate of drug-likeness (QED) is 0.440. The van der Waals surface area contributed by atoms with Crippen LogP contribution in [0.1, 0.15) is 91.5 Å². The minimum Gasteiger partial charge on any atom is -0.285 e. The van der Waals surface area contributed by atoms with Gasteiger partial charge in [0.1, 0.15) is 0 Å². The fourth-order valence-corrected chi connectivity index (χ4v) is 5.81. The summed E-state index contributed by atoms with van der Waals surface area (Å²) in [5.41, 5.74) is 7.45. The fraction of sp³-hybridized carbons (Fsp3) is 0.593. The van der Waals surface area contributed by atoms with Crippen LogP contribution in [0.15, 0.2) is 40.5 Å².